The van der Waals surface area contributed by atoms with Gasteiger partial charge in [-0.3, -0.25) is 0 Å². The van der Waals surface area contributed by atoms with Crippen molar-refractivity contribution in [1.29, 1.82) is 0 Å². The first-order valence-electron chi connectivity index (χ1n) is 9.77. The van der Waals surface area contributed by atoms with E-state index in [0.29, 0.717) is 17.9 Å². The van der Waals surface area contributed by atoms with Crippen LogP contribution in [-0.4, -0.2) is 6.18 Å². The topological polar surface area (TPSA) is 0 Å². The predicted octanol–water partition coefficient (Wildman–Crippen LogP) is 7.05. The maximum atomic E-state index is 14.0. The average Bonchev–Trinajstić information content (AvgIpc) is 2.59. The van der Waals surface area contributed by atoms with Crippen molar-refractivity contribution in [2.75, 3.05) is 0 Å². The van der Waals surface area contributed by atoms with Gasteiger partial charge in [0.15, 0.2) is 0 Å². The summed E-state index contributed by atoms with van der Waals surface area (Å²) < 4.78 is 64.2. The molecule has 0 nitrogen and oxygen atoms in total. The third-order valence-corrected chi connectivity index (χ3v) is 5.71. The first-order valence-corrected chi connectivity index (χ1v) is 9.77. The van der Waals surface area contributed by atoms with Crippen molar-refractivity contribution in [1.82, 2.24) is 0 Å². The summed E-state index contributed by atoms with van der Waals surface area (Å²) >= 11 is 0. The molecular formula is C22H27F5. The highest BCUT2D eigenvalue weighted by atomic mass is 19.4. The first-order chi connectivity index (χ1) is 12.7. The minimum absolute atomic E-state index is 0.476. The molecule has 1 aliphatic carbocycles. The van der Waals surface area contributed by atoms with Gasteiger partial charge in [-0.1, -0.05) is 45.5 Å². The summed E-state index contributed by atoms with van der Waals surface area (Å²) in [5.41, 5.74) is -0.342. The highest BCUT2D eigenvalue weighted by Gasteiger charge is 2.25. The monoisotopic (exact) mass is 386 g/mol. The van der Waals surface area contributed by atoms with Crippen LogP contribution < -0.4 is 0 Å². The zero-order chi connectivity index (χ0) is 20.0. The Morgan fingerprint density at radius 3 is 2.19 bits per heavy atom. The zero-order valence-corrected chi connectivity index (χ0v) is 15.9. The molecule has 1 saturated carbocycles. The van der Waals surface area contributed by atoms with Gasteiger partial charge in [-0.25, -0.2) is 8.78 Å². The van der Waals surface area contributed by atoms with E-state index in [1.54, 1.807) is 5.92 Å². The lowest BCUT2D eigenvalue weighted by molar-refractivity contribution is -0.0696. The van der Waals surface area contributed by atoms with Crippen molar-refractivity contribution in [2.24, 2.45) is 17.8 Å². The Kier molecular flexibility index (Phi) is 7.70. The number of hydrogen-bond acceptors (Lipinski definition) is 0. The SMILES string of the molecule is CCCC(C)C1CCC(CCc2cc(F)c(C#CC(F)(F)F)c(F)c2)CC1. The van der Waals surface area contributed by atoms with Gasteiger partial charge in [-0.2, -0.15) is 13.2 Å². The van der Waals surface area contributed by atoms with E-state index in [9.17, 15) is 22.0 Å². The van der Waals surface area contributed by atoms with Gasteiger partial charge in [0.1, 0.15) is 11.6 Å². The zero-order valence-electron chi connectivity index (χ0n) is 15.9. The molecule has 2 rings (SSSR count). The predicted molar refractivity (Wildman–Crippen MR) is 97.1 cm³/mol. The summed E-state index contributed by atoms with van der Waals surface area (Å²) in [5, 5.41) is 0. The summed E-state index contributed by atoms with van der Waals surface area (Å²) in [7, 11) is 0. The van der Waals surface area contributed by atoms with Gasteiger partial charge in [0, 0.05) is 5.92 Å². The molecule has 1 atom stereocenters. The molecule has 0 N–H and O–H groups in total. The van der Waals surface area contributed by atoms with Crippen molar-refractivity contribution in [3.8, 4) is 11.8 Å². The summed E-state index contributed by atoms with van der Waals surface area (Å²) in [6, 6.07) is 2.22. The fourth-order valence-electron chi connectivity index (χ4n) is 4.13. The van der Waals surface area contributed by atoms with Crippen LogP contribution in [0.4, 0.5) is 22.0 Å². The number of rotatable bonds is 6. The van der Waals surface area contributed by atoms with Crippen molar-refractivity contribution >= 4 is 0 Å². The van der Waals surface area contributed by atoms with Gasteiger partial charge in [0.25, 0.3) is 0 Å². The smallest absolute Gasteiger partial charge is 0.206 e. The first kappa shape index (κ1) is 21.7. The Labute approximate surface area is 158 Å². The molecule has 1 aromatic rings. The number of alkyl halides is 3. The normalized spacial score (nSPS) is 21.4. The molecule has 0 heterocycles. The van der Waals surface area contributed by atoms with Crippen molar-refractivity contribution in [3.05, 3.63) is 34.9 Å². The molecule has 0 aromatic heterocycles. The van der Waals surface area contributed by atoms with Crippen LogP contribution in [0.15, 0.2) is 12.1 Å². The molecule has 0 radical (unpaired) electrons. The highest BCUT2D eigenvalue weighted by molar-refractivity contribution is 5.40. The van der Waals surface area contributed by atoms with E-state index in [1.807, 2.05) is 0 Å². The summed E-state index contributed by atoms with van der Waals surface area (Å²) in [6.45, 7) is 4.53. The molecule has 150 valence electrons. The lowest BCUT2D eigenvalue weighted by Crippen LogP contribution is -2.20. The van der Waals surface area contributed by atoms with E-state index in [4.69, 9.17) is 0 Å². The van der Waals surface area contributed by atoms with Gasteiger partial charge in [0.2, 0.25) is 0 Å². The molecule has 1 unspecified atom stereocenters. The molecule has 0 aliphatic heterocycles. The fraction of sp³-hybridized carbons (Fsp3) is 0.636. The Bertz CT molecular complexity index is 649. The average molecular weight is 386 g/mol. The van der Waals surface area contributed by atoms with Gasteiger partial charge >= 0.3 is 6.18 Å². The van der Waals surface area contributed by atoms with Gasteiger partial charge in [0.05, 0.1) is 5.56 Å². The van der Waals surface area contributed by atoms with Crippen LogP contribution in [0.5, 0.6) is 0 Å². The standard InChI is InChI=1S/C22H27F5/c1-3-4-15(2)18-9-7-16(8-10-18)5-6-17-13-20(23)19(21(24)14-17)11-12-22(25,26)27/h13-16,18H,3-10H2,1-2H3. The lowest BCUT2D eigenvalue weighted by atomic mass is 9.74. The second-order valence-corrected chi connectivity index (χ2v) is 7.77. The van der Waals surface area contributed by atoms with Crippen LogP contribution in [0.1, 0.15) is 69.9 Å². The van der Waals surface area contributed by atoms with E-state index in [2.05, 4.69) is 13.8 Å². The van der Waals surface area contributed by atoms with Gasteiger partial charge in [-0.15, -0.1) is 0 Å². The molecule has 1 aliphatic rings. The van der Waals surface area contributed by atoms with Crippen molar-refractivity contribution in [2.45, 2.75) is 71.4 Å². The highest BCUT2D eigenvalue weighted by Crippen LogP contribution is 2.37. The fourth-order valence-corrected chi connectivity index (χ4v) is 4.13. The molecule has 0 amide bonds. The van der Waals surface area contributed by atoms with E-state index in [1.165, 1.54) is 25.7 Å². The summed E-state index contributed by atoms with van der Waals surface area (Å²) in [5.74, 6) is 2.49. The molecule has 0 bridgehead atoms. The van der Waals surface area contributed by atoms with Crippen LogP contribution >= 0.6 is 0 Å². The second kappa shape index (κ2) is 9.57. The summed E-state index contributed by atoms with van der Waals surface area (Å²) in [4.78, 5) is 0. The number of hydrogen-bond donors (Lipinski definition) is 0. The minimum Gasteiger partial charge on any atom is -0.206 e. The van der Waals surface area contributed by atoms with E-state index >= 15 is 0 Å². The maximum Gasteiger partial charge on any atom is 0.458 e. The molecular weight excluding hydrogens is 359 g/mol. The Morgan fingerprint density at radius 2 is 1.67 bits per heavy atom. The molecule has 0 spiro atoms. The Hall–Kier alpha value is -1.57. The third-order valence-electron chi connectivity index (χ3n) is 5.71. The minimum atomic E-state index is -4.77. The number of aryl methyl sites for hydroxylation is 1. The van der Waals surface area contributed by atoms with Crippen LogP contribution in [-0.2, 0) is 6.42 Å². The van der Waals surface area contributed by atoms with Crippen LogP contribution in [0.3, 0.4) is 0 Å². The molecule has 5 heteroatoms. The molecule has 1 fully saturated rings. The molecule has 0 saturated heterocycles. The largest absolute Gasteiger partial charge is 0.458 e. The molecule has 27 heavy (non-hydrogen) atoms. The van der Waals surface area contributed by atoms with Crippen molar-refractivity contribution < 1.29 is 22.0 Å². The van der Waals surface area contributed by atoms with Crippen molar-refractivity contribution in [3.63, 3.8) is 0 Å². The molecule has 1 aromatic carbocycles. The van der Waals surface area contributed by atoms with E-state index in [0.717, 1.165) is 49.2 Å². The number of benzene rings is 1. The maximum absolute atomic E-state index is 14.0. The van der Waals surface area contributed by atoms with Crippen LogP contribution in [0, 0.1) is 41.2 Å². The van der Waals surface area contributed by atoms with Crippen LogP contribution in [0.2, 0.25) is 0 Å². The van der Waals surface area contributed by atoms with Crippen LogP contribution in [0.25, 0.3) is 0 Å². The quantitative estimate of drug-likeness (QED) is 0.363. The third kappa shape index (κ3) is 6.83. The van der Waals surface area contributed by atoms with Gasteiger partial charge in [-0.05, 0) is 61.1 Å². The Morgan fingerprint density at radius 1 is 1.07 bits per heavy atom. The summed E-state index contributed by atoms with van der Waals surface area (Å²) in [6.07, 6.45) is 3.77. The number of halogens is 5. The second-order valence-electron chi connectivity index (χ2n) is 7.77. The van der Waals surface area contributed by atoms with Gasteiger partial charge < -0.3 is 0 Å². The van der Waals surface area contributed by atoms with E-state index in [-0.39, 0.29) is 0 Å². The lowest BCUT2D eigenvalue weighted by Gasteiger charge is -2.32. The van der Waals surface area contributed by atoms with E-state index < -0.39 is 23.4 Å². The Balaban J connectivity index is 1.91.